The zero-order chi connectivity index (χ0) is 19.1. The molecule has 1 aromatic heterocycles. The Labute approximate surface area is 157 Å². The number of rotatable bonds is 6. The summed E-state index contributed by atoms with van der Waals surface area (Å²) < 4.78 is 5.15. The van der Waals surface area contributed by atoms with Crippen molar-refractivity contribution in [2.24, 2.45) is 0 Å². The molecule has 0 aliphatic carbocycles. The molecule has 0 spiro atoms. The number of hydrogen-bond donors (Lipinski definition) is 0. The van der Waals surface area contributed by atoms with Crippen LogP contribution >= 0.6 is 0 Å². The Morgan fingerprint density at radius 2 is 1.37 bits per heavy atom. The second-order valence-corrected chi connectivity index (χ2v) is 5.80. The van der Waals surface area contributed by atoms with Gasteiger partial charge < -0.3 is 4.74 Å². The largest absolute Gasteiger partial charge is 0.497 e. The van der Waals surface area contributed by atoms with Gasteiger partial charge in [0.25, 0.3) is 5.69 Å². The van der Waals surface area contributed by atoms with Crippen molar-refractivity contribution < 1.29 is 9.66 Å². The lowest BCUT2D eigenvalue weighted by molar-refractivity contribution is -0.384. The summed E-state index contributed by atoms with van der Waals surface area (Å²) in [6, 6.07) is 18.1. The van der Waals surface area contributed by atoms with Crippen LogP contribution in [0.1, 0.15) is 22.4 Å². The van der Waals surface area contributed by atoms with E-state index in [1.165, 1.54) is 12.1 Å². The second-order valence-electron chi connectivity index (χ2n) is 5.80. The van der Waals surface area contributed by atoms with Crippen molar-refractivity contribution >= 4 is 30.0 Å². The number of benzene rings is 2. The van der Waals surface area contributed by atoms with Crippen LogP contribution in [0.4, 0.5) is 5.69 Å². The molecule has 0 aliphatic rings. The summed E-state index contributed by atoms with van der Waals surface area (Å²) in [7, 11) is 1.65. The molecule has 5 nitrogen and oxygen atoms in total. The third-order valence-electron chi connectivity index (χ3n) is 3.94. The maximum Gasteiger partial charge on any atom is 0.269 e. The molecule has 3 rings (SSSR count). The summed E-state index contributed by atoms with van der Waals surface area (Å²) in [5, 5.41) is 10.7. The number of nitro groups is 1. The fourth-order valence-corrected chi connectivity index (χ4v) is 2.41. The van der Waals surface area contributed by atoms with Crippen LogP contribution in [0.3, 0.4) is 0 Å². The maximum atomic E-state index is 10.7. The van der Waals surface area contributed by atoms with Crippen LogP contribution in [0.15, 0.2) is 66.9 Å². The molecule has 0 N–H and O–H groups in total. The third kappa shape index (κ3) is 5.12. The highest BCUT2D eigenvalue weighted by molar-refractivity contribution is 5.71. The molecule has 2 aromatic carbocycles. The van der Waals surface area contributed by atoms with Crippen LogP contribution in [0.2, 0.25) is 0 Å². The molecule has 1 heterocycles. The van der Waals surface area contributed by atoms with Gasteiger partial charge in [-0.15, -0.1) is 0 Å². The van der Waals surface area contributed by atoms with E-state index in [9.17, 15) is 10.1 Å². The summed E-state index contributed by atoms with van der Waals surface area (Å²) in [6.45, 7) is 0. The van der Waals surface area contributed by atoms with Gasteiger partial charge in [-0.2, -0.15) is 0 Å². The van der Waals surface area contributed by atoms with Crippen LogP contribution in [0.25, 0.3) is 24.3 Å². The molecule has 0 atom stereocenters. The Bertz CT molecular complexity index is 958. The molecule has 5 heteroatoms. The van der Waals surface area contributed by atoms with E-state index in [0.717, 1.165) is 28.1 Å². The average Bonchev–Trinajstić information content (AvgIpc) is 2.72. The van der Waals surface area contributed by atoms with Gasteiger partial charge in [0.05, 0.1) is 17.7 Å². The smallest absolute Gasteiger partial charge is 0.269 e. The van der Waals surface area contributed by atoms with E-state index in [0.29, 0.717) is 0 Å². The average molecular weight is 358 g/mol. The molecule has 0 unspecified atom stereocenters. The number of methoxy groups -OCH3 is 1. The fraction of sp³-hybridized carbons (Fsp3) is 0.0455. The lowest BCUT2D eigenvalue weighted by atomic mass is 10.1. The second kappa shape index (κ2) is 8.58. The Kier molecular flexibility index (Phi) is 5.74. The summed E-state index contributed by atoms with van der Waals surface area (Å²) in [6.07, 6.45) is 9.56. The Morgan fingerprint density at radius 1 is 0.815 bits per heavy atom. The lowest BCUT2D eigenvalue weighted by Crippen LogP contribution is -1.86. The first-order valence-electron chi connectivity index (χ1n) is 8.35. The van der Waals surface area contributed by atoms with E-state index in [2.05, 4.69) is 4.98 Å². The van der Waals surface area contributed by atoms with E-state index in [1.54, 1.807) is 25.4 Å². The molecule has 0 saturated heterocycles. The minimum Gasteiger partial charge on any atom is -0.497 e. The first kappa shape index (κ1) is 18.1. The summed E-state index contributed by atoms with van der Waals surface area (Å²) in [5.74, 6) is 0.831. The SMILES string of the molecule is COc1ccc(/C=C/c2ccc(/C=C/c3ccc([N+](=O)[O-])cc3)nc2)cc1. The topological polar surface area (TPSA) is 65.3 Å². The fourth-order valence-electron chi connectivity index (χ4n) is 2.41. The first-order chi connectivity index (χ1) is 13.1. The van der Waals surface area contributed by atoms with Crippen molar-refractivity contribution in [2.45, 2.75) is 0 Å². The summed E-state index contributed by atoms with van der Waals surface area (Å²) >= 11 is 0. The highest BCUT2D eigenvalue weighted by Gasteiger charge is 2.02. The van der Waals surface area contributed by atoms with Crippen LogP contribution in [0.5, 0.6) is 5.75 Å². The molecule has 0 bridgehead atoms. The van der Waals surface area contributed by atoms with Crippen molar-refractivity contribution in [2.75, 3.05) is 7.11 Å². The predicted octanol–water partition coefficient (Wildman–Crippen LogP) is 5.34. The number of nitrogens with zero attached hydrogens (tertiary/aromatic N) is 2. The number of pyridine rings is 1. The van der Waals surface area contributed by atoms with Gasteiger partial charge in [-0.1, -0.05) is 36.4 Å². The molecular weight excluding hydrogens is 340 g/mol. The Hall–Kier alpha value is -3.73. The maximum absolute atomic E-state index is 10.7. The van der Waals surface area contributed by atoms with E-state index in [4.69, 9.17) is 4.74 Å². The van der Waals surface area contributed by atoms with Gasteiger partial charge in [-0.05, 0) is 53.1 Å². The third-order valence-corrected chi connectivity index (χ3v) is 3.94. The van der Waals surface area contributed by atoms with Gasteiger partial charge in [0, 0.05) is 18.3 Å². The molecule has 0 fully saturated rings. The van der Waals surface area contributed by atoms with Crippen molar-refractivity contribution in [3.05, 3.63) is 99.4 Å². The number of non-ortho nitro benzene ring substituents is 1. The van der Waals surface area contributed by atoms with Gasteiger partial charge in [0.15, 0.2) is 0 Å². The molecule has 0 radical (unpaired) electrons. The molecule has 3 aromatic rings. The van der Waals surface area contributed by atoms with Gasteiger partial charge in [0.2, 0.25) is 0 Å². The number of hydrogen-bond acceptors (Lipinski definition) is 4. The van der Waals surface area contributed by atoms with E-state index in [1.807, 2.05) is 60.7 Å². The highest BCUT2D eigenvalue weighted by atomic mass is 16.6. The normalized spacial score (nSPS) is 11.1. The molecule has 0 amide bonds. The van der Waals surface area contributed by atoms with Crippen LogP contribution < -0.4 is 4.74 Å². The number of aromatic nitrogens is 1. The lowest BCUT2D eigenvalue weighted by Gasteiger charge is -1.99. The number of ether oxygens (including phenoxy) is 1. The molecular formula is C22H18N2O3. The van der Waals surface area contributed by atoms with Crippen molar-refractivity contribution in [3.8, 4) is 5.75 Å². The van der Waals surface area contributed by atoms with Gasteiger partial charge in [0.1, 0.15) is 5.75 Å². The zero-order valence-corrected chi connectivity index (χ0v) is 14.8. The van der Waals surface area contributed by atoms with Gasteiger partial charge in [-0.25, -0.2) is 0 Å². The first-order valence-corrected chi connectivity index (χ1v) is 8.35. The van der Waals surface area contributed by atoms with E-state index < -0.39 is 4.92 Å². The van der Waals surface area contributed by atoms with Crippen LogP contribution in [-0.4, -0.2) is 17.0 Å². The minimum absolute atomic E-state index is 0.0817. The summed E-state index contributed by atoms with van der Waals surface area (Å²) in [5.41, 5.74) is 3.86. The Morgan fingerprint density at radius 3 is 1.93 bits per heavy atom. The monoisotopic (exact) mass is 358 g/mol. The highest BCUT2D eigenvalue weighted by Crippen LogP contribution is 2.15. The van der Waals surface area contributed by atoms with Crippen molar-refractivity contribution in [1.82, 2.24) is 4.98 Å². The zero-order valence-electron chi connectivity index (χ0n) is 14.8. The van der Waals surface area contributed by atoms with Crippen molar-refractivity contribution in [1.29, 1.82) is 0 Å². The van der Waals surface area contributed by atoms with Gasteiger partial charge >= 0.3 is 0 Å². The van der Waals surface area contributed by atoms with E-state index >= 15 is 0 Å². The Balaban J connectivity index is 1.63. The van der Waals surface area contributed by atoms with Crippen molar-refractivity contribution in [3.63, 3.8) is 0 Å². The minimum atomic E-state index is -0.409. The van der Waals surface area contributed by atoms with E-state index in [-0.39, 0.29) is 5.69 Å². The summed E-state index contributed by atoms with van der Waals surface area (Å²) in [4.78, 5) is 14.7. The molecule has 0 aliphatic heterocycles. The molecule has 0 saturated carbocycles. The van der Waals surface area contributed by atoms with Crippen LogP contribution in [-0.2, 0) is 0 Å². The predicted molar refractivity (Wildman–Crippen MR) is 108 cm³/mol. The quantitative estimate of drug-likeness (QED) is 0.441. The molecule has 134 valence electrons. The standard InChI is InChI=1S/C22H18N2O3/c1-27-22-14-8-17(9-15-22)2-3-19-5-11-20(23-16-19)10-4-18-6-12-21(13-7-18)24(25)26/h2-16H,1H3/b3-2+,10-4+. The van der Waals surface area contributed by atoms with Crippen LogP contribution in [0, 0.1) is 10.1 Å². The number of nitro benzene ring substituents is 1. The molecule has 27 heavy (non-hydrogen) atoms. The van der Waals surface area contributed by atoms with Gasteiger partial charge in [-0.3, -0.25) is 15.1 Å².